The summed E-state index contributed by atoms with van der Waals surface area (Å²) in [6, 6.07) is 8.93. The summed E-state index contributed by atoms with van der Waals surface area (Å²) in [5.74, 6) is -1.80. The third kappa shape index (κ3) is 4.48. The lowest BCUT2D eigenvalue weighted by Gasteiger charge is -2.23. The summed E-state index contributed by atoms with van der Waals surface area (Å²) >= 11 is 5.94. The molecule has 0 fully saturated rings. The van der Waals surface area contributed by atoms with Crippen LogP contribution in [-0.4, -0.2) is 52.0 Å². The number of rotatable bonds is 5. The van der Waals surface area contributed by atoms with Crippen LogP contribution in [0.25, 0.3) is 11.4 Å². The van der Waals surface area contributed by atoms with E-state index in [1.807, 2.05) is 0 Å². The number of sulfone groups is 1. The summed E-state index contributed by atoms with van der Waals surface area (Å²) in [6.45, 7) is 3.13. The largest absolute Gasteiger partial charge is 0.394 e. The van der Waals surface area contributed by atoms with Gasteiger partial charge in [-0.05, 0) is 48.9 Å². The second-order valence-electron chi connectivity index (χ2n) is 8.35. The number of hydrogen-bond acceptors (Lipinski definition) is 7. The van der Waals surface area contributed by atoms with E-state index < -0.39 is 32.9 Å². The first kappa shape index (κ1) is 23.3. The summed E-state index contributed by atoms with van der Waals surface area (Å²) in [5, 5.41) is 22.0. The van der Waals surface area contributed by atoms with Crippen molar-refractivity contribution in [2.24, 2.45) is 0 Å². The van der Waals surface area contributed by atoms with Gasteiger partial charge in [-0.3, -0.25) is 4.79 Å². The number of tetrazole rings is 1. The number of amides is 1. The standard InChI is InChI=1S/C21H21ClFN5O4S/c1-21(2,12-29)28-25-20(24-26-28)15-9-17-18(10-16(15)23)33(31,32)8-7-19(30)27(17)11-13-3-5-14(22)6-4-13/h3-6,9-10,29H,7-8,11-12H2,1-2H3. The highest BCUT2D eigenvalue weighted by Crippen LogP contribution is 2.36. The first-order valence-electron chi connectivity index (χ1n) is 10.0. The highest BCUT2D eigenvalue weighted by atomic mass is 35.5. The molecule has 9 nitrogen and oxygen atoms in total. The minimum Gasteiger partial charge on any atom is -0.394 e. The Balaban J connectivity index is 1.85. The highest BCUT2D eigenvalue weighted by Gasteiger charge is 2.33. The van der Waals surface area contributed by atoms with Gasteiger partial charge in [-0.1, -0.05) is 23.7 Å². The third-order valence-electron chi connectivity index (χ3n) is 5.40. The zero-order valence-corrected chi connectivity index (χ0v) is 19.4. The number of fused-ring (bicyclic) bond motifs is 1. The molecule has 1 amide bonds. The SMILES string of the molecule is CC(C)(CO)n1nnc(-c2cc3c(cc2F)S(=O)(=O)CCC(=O)N3Cc2ccc(Cl)cc2)n1. The molecule has 33 heavy (non-hydrogen) atoms. The van der Waals surface area contributed by atoms with Crippen LogP contribution >= 0.6 is 11.6 Å². The number of anilines is 1. The van der Waals surface area contributed by atoms with Crippen LogP contribution in [0.15, 0.2) is 41.3 Å². The number of nitrogens with zero attached hydrogens (tertiary/aromatic N) is 5. The van der Waals surface area contributed by atoms with Crippen molar-refractivity contribution in [1.29, 1.82) is 0 Å². The minimum atomic E-state index is -3.91. The van der Waals surface area contributed by atoms with Gasteiger partial charge in [0.2, 0.25) is 11.7 Å². The smallest absolute Gasteiger partial charge is 0.228 e. The molecule has 174 valence electrons. The number of carbonyl (C=O) groups excluding carboxylic acids is 1. The molecule has 1 N–H and O–H groups in total. The maximum atomic E-state index is 15.1. The molecule has 0 aliphatic carbocycles. The molecule has 4 rings (SSSR count). The number of halogens is 2. The molecular weight excluding hydrogens is 473 g/mol. The van der Waals surface area contributed by atoms with E-state index in [1.165, 1.54) is 11.0 Å². The number of aliphatic hydroxyl groups is 1. The Morgan fingerprint density at radius 2 is 1.91 bits per heavy atom. The highest BCUT2D eigenvalue weighted by molar-refractivity contribution is 7.91. The number of carbonyl (C=O) groups is 1. The van der Waals surface area contributed by atoms with Gasteiger partial charge in [0.05, 0.1) is 35.1 Å². The minimum absolute atomic E-state index is 0.0432. The molecule has 2 heterocycles. The summed E-state index contributed by atoms with van der Waals surface area (Å²) in [6.07, 6.45) is -0.235. The zero-order valence-electron chi connectivity index (χ0n) is 17.9. The molecule has 12 heteroatoms. The van der Waals surface area contributed by atoms with Gasteiger partial charge in [0.1, 0.15) is 11.4 Å². The van der Waals surface area contributed by atoms with Gasteiger partial charge in [-0.15, -0.1) is 10.2 Å². The van der Waals surface area contributed by atoms with Gasteiger partial charge < -0.3 is 10.0 Å². The first-order valence-corrected chi connectivity index (χ1v) is 12.1. The van der Waals surface area contributed by atoms with Crippen molar-refractivity contribution in [3.63, 3.8) is 0 Å². The molecule has 0 saturated heterocycles. The Hall–Kier alpha value is -2.89. The van der Waals surface area contributed by atoms with Crippen molar-refractivity contribution in [3.05, 3.63) is 52.8 Å². The van der Waals surface area contributed by atoms with Crippen LogP contribution in [0.3, 0.4) is 0 Å². The molecule has 2 aromatic carbocycles. The number of hydrogen-bond donors (Lipinski definition) is 1. The predicted molar refractivity (Wildman–Crippen MR) is 119 cm³/mol. The van der Waals surface area contributed by atoms with Crippen LogP contribution in [0, 0.1) is 5.82 Å². The van der Waals surface area contributed by atoms with Gasteiger partial charge in [-0.2, -0.15) is 4.80 Å². The molecule has 0 bridgehead atoms. The second-order valence-corrected chi connectivity index (χ2v) is 10.9. The fourth-order valence-electron chi connectivity index (χ4n) is 3.36. The van der Waals surface area contributed by atoms with Gasteiger partial charge in [-0.25, -0.2) is 12.8 Å². The molecule has 0 atom stereocenters. The normalized spacial score (nSPS) is 15.9. The number of aliphatic hydroxyl groups excluding tert-OH is 1. The van der Waals surface area contributed by atoms with Crippen LogP contribution in [0.4, 0.5) is 10.1 Å². The molecule has 0 spiro atoms. The molecule has 0 saturated carbocycles. The first-order chi connectivity index (χ1) is 15.5. The molecule has 1 aliphatic heterocycles. The Morgan fingerprint density at radius 3 is 2.58 bits per heavy atom. The van der Waals surface area contributed by atoms with Crippen LogP contribution < -0.4 is 4.90 Å². The summed E-state index contributed by atoms with van der Waals surface area (Å²) in [7, 11) is -3.91. The van der Waals surface area contributed by atoms with Crippen molar-refractivity contribution in [3.8, 4) is 11.4 Å². The lowest BCUT2D eigenvalue weighted by atomic mass is 10.1. The molecule has 1 aromatic heterocycles. The van der Waals surface area contributed by atoms with E-state index in [2.05, 4.69) is 15.4 Å². The van der Waals surface area contributed by atoms with E-state index in [0.29, 0.717) is 5.02 Å². The maximum absolute atomic E-state index is 15.1. The average Bonchev–Trinajstić information content (AvgIpc) is 3.25. The van der Waals surface area contributed by atoms with Crippen LogP contribution in [0.1, 0.15) is 25.8 Å². The summed E-state index contributed by atoms with van der Waals surface area (Å²) < 4.78 is 40.7. The van der Waals surface area contributed by atoms with Gasteiger partial charge in [0.15, 0.2) is 9.84 Å². The Kier molecular flexibility index (Phi) is 5.97. The van der Waals surface area contributed by atoms with E-state index in [1.54, 1.807) is 38.1 Å². The van der Waals surface area contributed by atoms with E-state index in [-0.39, 0.29) is 41.5 Å². The van der Waals surface area contributed by atoms with E-state index in [0.717, 1.165) is 16.4 Å². The van der Waals surface area contributed by atoms with Crippen molar-refractivity contribution < 1.29 is 22.7 Å². The van der Waals surface area contributed by atoms with Crippen molar-refractivity contribution in [2.45, 2.75) is 37.2 Å². The van der Waals surface area contributed by atoms with E-state index in [4.69, 9.17) is 11.6 Å². The summed E-state index contributed by atoms with van der Waals surface area (Å²) in [4.78, 5) is 15.1. The van der Waals surface area contributed by atoms with Gasteiger partial charge in [0, 0.05) is 11.4 Å². The Labute approximate surface area is 194 Å². The van der Waals surface area contributed by atoms with E-state index >= 15 is 4.39 Å². The van der Waals surface area contributed by atoms with Gasteiger partial charge >= 0.3 is 0 Å². The Morgan fingerprint density at radius 1 is 1.21 bits per heavy atom. The zero-order chi connectivity index (χ0) is 24.0. The van der Waals surface area contributed by atoms with Crippen LogP contribution in [0.5, 0.6) is 0 Å². The molecule has 0 radical (unpaired) electrons. The fourth-order valence-corrected chi connectivity index (χ4v) is 4.92. The number of benzene rings is 2. The molecule has 3 aromatic rings. The molecule has 0 unspecified atom stereocenters. The van der Waals surface area contributed by atoms with Crippen molar-refractivity contribution in [2.75, 3.05) is 17.3 Å². The quantitative estimate of drug-likeness (QED) is 0.580. The van der Waals surface area contributed by atoms with Crippen LogP contribution in [0.2, 0.25) is 5.02 Å². The topological polar surface area (TPSA) is 118 Å². The lowest BCUT2D eigenvalue weighted by molar-refractivity contribution is -0.118. The maximum Gasteiger partial charge on any atom is 0.228 e. The lowest BCUT2D eigenvalue weighted by Crippen LogP contribution is -2.32. The number of aromatic nitrogens is 4. The van der Waals surface area contributed by atoms with Gasteiger partial charge in [0.25, 0.3) is 0 Å². The fraction of sp³-hybridized carbons (Fsp3) is 0.333. The van der Waals surface area contributed by atoms with E-state index in [9.17, 15) is 18.3 Å². The predicted octanol–water partition coefficient (Wildman–Crippen LogP) is 2.57. The average molecular weight is 494 g/mol. The summed E-state index contributed by atoms with van der Waals surface area (Å²) in [5.41, 5.74) is -0.230. The second kappa shape index (κ2) is 8.47. The van der Waals surface area contributed by atoms with Crippen molar-refractivity contribution >= 4 is 33.0 Å². The molecular formula is C21H21ClFN5O4S. The van der Waals surface area contributed by atoms with Crippen LogP contribution in [-0.2, 0) is 26.7 Å². The Bertz CT molecular complexity index is 1320. The third-order valence-corrected chi connectivity index (χ3v) is 7.39. The monoisotopic (exact) mass is 493 g/mol. The van der Waals surface area contributed by atoms with Crippen molar-refractivity contribution in [1.82, 2.24) is 20.2 Å². The molecule has 1 aliphatic rings.